The lowest BCUT2D eigenvalue weighted by Crippen LogP contribution is -2.44. The Morgan fingerprint density at radius 1 is 1.03 bits per heavy atom. The normalized spacial score (nSPS) is 19.1. The number of ether oxygens (including phenoxy) is 1. The number of alkyl carbamates (subject to hydrolysis) is 1. The molecule has 0 heterocycles. The highest BCUT2D eigenvalue weighted by molar-refractivity contribution is 5.80. The summed E-state index contributed by atoms with van der Waals surface area (Å²) in [4.78, 5) is 38.0. The van der Waals surface area contributed by atoms with Crippen molar-refractivity contribution in [3.8, 4) is 11.1 Å². The van der Waals surface area contributed by atoms with Crippen LogP contribution in [0.2, 0.25) is 0 Å². The zero-order valence-electron chi connectivity index (χ0n) is 19.5. The van der Waals surface area contributed by atoms with Gasteiger partial charge in [-0.1, -0.05) is 55.0 Å². The van der Waals surface area contributed by atoms with E-state index in [0.29, 0.717) is 13.0 Å². The second kappa shape index (κ2) is 10.7. The maximum Gasteiger partial charge on any atom is 0.407 e. The topological polar surface area (TPSA) is 95.9 Å². The van der Waals surface area contributed by atoms with Gasteiger partial charge < -0.3 is 20.1 Å². The van der Waals surface area contributed by atoms with Gasteiger partial charge in [0.25, 0.3) is 0 Å². The van der Waals surface area contributed by atoms with E-state index in [2.05, 4.69) is 29.6 Å². The summed E-state index contributed by atoms with van der Waals surface area (Å²) in [6.07, 6.45) is 2.42. The van der Waals surface area contributed by atoms with Gasteiger partial charge >= 0.3 is 12.1 Å². The van der Waals surface area contributed by atoms with Crippen molar-refractivity contribution in [1.82, 2.24) is 10.2 Å². The fourth-order valence-corrected chi connectivity index (χ4v) is 5.26. The van der Waals surface area contributed by atoms with Gasteiger partial charge in [-0.2, -0.15) is 0 Å². The van der Waals surface area contributed by atoms with Gasteiger partial charge in [-0.3, -0.25) is 9.59 Å². The molecule has 2 aliphatic carbocycles. The molecule has 34 heavy (non-hydrogen) atoms. The third-order valence-electron chi connectivity index (χ3n) is 6.98. The van der Waals surface area contributed by atoms with Crippen molar-refractivity contribution in [3.05, 3.63) is 59.7 Å². The lowest BCUT2D eigenvalue weighted by atomic mass is 9.84. The second-order valence-corrected chi connectivity index (χ2v) is 9.09. The number of nitrogens with zero attached hydrogens (tertiary/aromatic N) is 1. The van der Waals surface area contributed by atoms with E-state index >= 15 is 0 Å². The van der Waals surface area contributed by atoms with Crippen LogP contribution in [0.1, 0.15) is 56.1 Å². The molecule has 2 atom stereocenters. The van der Waals surface area contributed by atoms with Crippen molar-refractivity contribution in [1.29, 1.82) is 0 Å². The number of fused-ring (bicyclic) bond motifs is 3. The molecule has 2 aromatic rings. The van der Waals surface area contributed by atoms with Gasteiger partial charge in [0.1, 0.15) is 6.61 Å². The number of rotatable bonds is 8. The first-order valence-corrected chi connectivity index (χ1v) is 12.1. The van der Waals surface area contributed by atoms with E-state index < -0.39 is 12.1 Å². The monoisotopic (exact) mass is 464 g/mol. The highest BCUT2D eigenvalue weighted by atomic mass is 16.5. The fraction of sp³-hybridized carbons (Fsp3) is 0.444. The summed E-state index contributed by atoms with van der Waals surface area (Å²) in [7, 11) is 0. The Hall–Kier alpha value is -3.35. The van der Waals surface area contributed by atoms with Crippen LogP contribution in [0, 0.1) is 5.92 Å². The van der Waals surface area contributed by atoms with Crippen LogP contribution < -0.4 is 5.32 Å². The summed E-state index contributed by atoms with van der Waals surface area (Å²) in [5, 5.41) is 11.9. The largest absolute Gasteiger partial charge is 0.481 e. The molecule has 2 N–H and O–H groups in total. The van der Waals surface area contributed by atoms with E-state index in [1.807, 2.05) is 31.2 Å². The third-order valence-corrected chi connectivity index (χ3v) is 6.98. The Kier molecular flexibility index (Phi) is 7.50. The Balaban J connectivity index is 1.32. The van der Waals surface area contributed by atoms with Gasteiger partial charge in [-0.15, -0.1) is 0 Å². The third kappa shape index (κ3) is 5.24. The first-order valence-electron chi connectivity index (χ1n) is 12.1. The van der Waals surface area contributed by atoms with Gasteiger partial charge in [-0.05, 0) is 48.4 Å². The molecular formula is C27H32N2O5. The van der Waals surface area contributed by atoms with Crippen LogP contribution in [0.25, 0.3) is 11.1 Å². The highest BCUT2D eigenvalue weighted by Gasteiger charge is 2.32. The molecule has 1 fully saturated rings. The summed E-state index contributed by atoms with van der Waals surface area (Å²) >= 11 is 0. The summed E-state index contributed by atoms with van der Waals surface area (Å²) in [6, 6.07) is 16.3. The number of nitrogens with one attached hydrogen (secondary N) is 1. The van der Waals surface area contributed by atoms with Crippen molar-refractivity contribution in [2.45, 2.75) is 51.0 Å². The SMILES string of the molecule is CCN(CCC(=O)O)C(=O)[C@@H]1CCC[C@@H](NC(=O)OCC2c3ccccc3-c3ccccc32)C1. The van der Waals surface area contributed by atoms with Gasteiger partial charge in [0.05, 0.1) is 6.42 Å². The second-order valence-electron chi connectivity index (χ2n) is 9.09. The van der Waals surface area contributed by atoms with E-state index in [9.17, 15) is 14.4 Å². The highest BCUT2D eigenvalue weighted by Crippen LogP contribution is 2.44. The number of hydrogen-bond donors (Lipinski definition) is 2. The Bertz CT molecular complexity index is 1010. The van der Waals surface area contributed by atoms with Crippen molar-refractivity contribution >= 4 is 18.0 Å². The van der Waals surface area contributed by atoms with Crippen LogP contribution >= 0.6 is 0 Å². The summed E-state index contributed by atoms with van der Waals surface area (Å²) in [5.74, 6) is -1.14. The smallest absolute Gasteiger partial charge is 0.407 e. The first-order chi connectivity index (χ1) is 16.5. The number of amides is 2. The van der Waals surface area contributed by atoms with Crippen molar-refractivity contribution in [3.63, 3.8) is 0 Å². The molecule has 0 saturated heterocycles. The van der Waals surface area contributed by atoms with Crippen LogP contribution in [0.5, 0.6) is 0 Å². The average molecular weight is 465 g/mol. The molecule has 0 radical (unpaired) electrons. The molecule has 0 aliphatic heterocycles. The van der Waals surface area contributed by atoms with E-state index in [1.165, 1.54) is 22.3 Å². The van der Waals surface area contributed by atoms with Crippen LogP contribution in [0.4, 0.5) is 4.79 Å². The van der Waals surface area contributed by atoms with Crippen molar-refractivity contribution in [2.24, 2.45) is 5.92 Å². The quantitative estimate of drug-likeness (QED) is 0.603. The predicted octanol–water partition coefficient (Wildman–Crippen LogP) is 4.41. The Morgan fingerprint density at radius 3 is 2.29 bits per heavy atom. The number of carbonyl (C=O) groups excluding carboxylic acids is 2. The van der Waals surface area contributed by atoms with Gasteiger partial charge in [0, 0.05) is 31.0 Å². The minimum Gasteiger partial charge on any atom is -0.481 e. The number of aliphatic carboxylic acids is 1. The maximum atomic E-state index is 12.9. The zero-order valence-corrected chi connectivity index (χ0v) is 19.5. The maximum absolute atomic E-state index is 12.9. The molecule has 0 unspecified atom stereocenters. The van der Waals surface area contributed by atoms with E-state index in [-0.39, 0.29) is 43.4 Å². The molecule has 0 spiro atoms. The molecule has 0 aromatic heterocycles. The molecule has 0 bridgehead atoms. The van der Waals surface area contributed by atoms with Crippen LogP contribution in [0.15, 0.2) is 48.5 Å². The standard InChI is InChI=1S/C27H32N2O5/c1-2-29(15-14-25(30)31)26(32)18-8-7-9-19(16-18)28-27(33)34-17-24-22-12-5-3-10-20(22)21-11-4-6-13-23(21)24/h3-6,10-13,18-19,24H,2,7-9,14-17H2,1H3,(H,28,33)(H,30,31)/t18-,19-/m1/s1. The molecule has 2 amide bonds. The van der Waals surface area contributed by atoms with Crippen LogP contribution in [-0.4, -0.2) is 53.7 Å². The first kappa shape index (κ1) is 23.8. The minimum absolute atomic E-state index is 0.00572. The Morgan fingerprint density at radius 2 is 1.68 bits per heavy atom. The van der Waals surface area contributed by atoms with Gasteiger partial charge in [-0.25, -0.2) is 4.79 Å². The lowest BCUT2D eigenvalue weighted by molar-refractivity contribution is -0.140. The van der Waals surface area contributed by atoms with Gasteiger partial charge in [0.2, 0.25) is 5.91 Å². The van der Waals surface area contributed by atoms with Crippen LogP contribution in [0.3, 0.4) is 0 Å². The molecule has 4 rings (SSSR count). The molecule has 180 valence electrons. The Labute approximate surface area is 200 Å². The molecule has 2 aliphatic rings. The number of benzene rings is 2. The summed E-state index contributed by atoms with van der Waals surface area (Å²) < 4.78 is 5.66. The van der Waals surface area contributed by atoms with E-state index in [1.54, 1.807) is 4.90 Å². The van der Waals surface area contributed by atoms with Crippen LogP contribution in [-0.2, 0) is 14.3 Å². The molecule has 1 saturated carbocycles. The van der Waals surface area contributed by atoms with E-state index in [0.717, 1.165) is 19.3 Å². The van der Waals surface area contributed by atoms with Crippen molar-refractivity contribution in [2.75, 3.05) is 19.7 Å². The molecule has 7 nitrogen and oxygen atoms in total. The number of carboxylic acids is 1. The van der Waals surface area contributed by atoms with Crippen molar-refractivity contribution < 1.29 is 24.2 Å². The minimum atomic E-state index is -0.912. The number of hydrogen-bond acceptors (Lipinski definition) is 4. The summed E-state index contributed by atoms with van der Waals surface area (Å²) in [6.45, 7) is 2.81. The molecule has 7 heteroatoms. The lowest BCUT2D eigenvalue weighted by Gasteiger charge is -2.32. The zero-order chi connectivity index (χ0) is 24.1. The fourth-order valence-electron chi connectivity index (χ4n) is 5.26. The molecule has 2 aromatic carbocycles. The predicted molar refractivity (Wildman–Crippen MR) is 128 cm³/mol. The molecular weight excluding hydrogens is 432 g/mol. The number of carbonyl (C=O) groups is 3. The average Bonchev–Trinajstić information content (AvgIpc) is 3.17. The van der Waals surface area contributed by atoms with E-state index in [4.69, 9.17) is 9.84 Å². The number of carboxylic acid groups (broad SMARTS) is 1. The van der Waals surface area contributed by atoms with Gasteiger partial charge in [0.15, 0.2) is 0 Å². The summed E-state index contributed by atoms with van der Waals surface area (Å²) in [5.41, 5.74) is 4.70.